The van der Waals surface area contributed by atoms with Gasteiger partial charge in [-0.15, -0.1) is 0 Å². The van der Waals surface area contributed by atoms with Crippen molar-refractivity contribution < 1.29 is 9.47 Å². The van der Waals surface area contributed by atoms with Crippen molar-refractivity contribution in [3.8, 4) is 0 Å². The summed E-state index contributed by atoms with van der Waals surface area (Å²) in [5, 5.41) is 3.19. The molecule has 0 spiro atoms. The highest BCUT2D eigenvalue weighted by molar-refractivity contribution is 4.64. The number of hydrogen-bond donors (Lipinski definition) is 0. The predicted molar refractivity (Wildman–Crippen MR) is 38.9 cm³/mol. The maximum Gasteiger partial charge on any atom is 0.159 e. The SMILES string of the molecule is C1CCOC1.[N-]=[N+]=NC1CO1. The van der Waals surface area contributed by atoms with E-state index in [1.54, 1.807) is 0 Å². The van der Waals surface area contributed by atoms with Crippen LogP contribution in [0.15, 0.2) is 5.11 Å². The average Bonchev–Trinajstić information content (AvgIpc) is 2.68. The second-order valence-electron chi connectivity index (χ2n) is 2.31. The van der Waals surface area contributed by atoms with Crippen LogP contribution >= 0.6 is 0 Å². The van der Waals surface area contributed by atoms with E-state index in [1.165, 1.54) is 12.8 Å². The van der Waals surface area contributed by atoms with Gasteiger partial charge < -0.3 is 9.47 Å². The minimum absolute atomic E-state index is 0.144. The lowest BCUT2D eigenvalue weighted by Gasteiger charge is -1.76. The molecule has 2 heterocycles. The molecule has 0 aromatic carbocycles. The molecular formula is C6H11N3O2. The van der Waals surface area contributed by atoms with Gasteiger partial charge in [0, 0.05) is 18.1 Å². The molecule has 2 aliphatic heterocycles. The van der Waals surface area contributed by atoms with Crippen LogP contribution in [0.2, 0.25) is 0 Å². The van der Waals surface area contributed by atoms with Gasteiger partial charge in [-0.05, 0) is 18.4 Å². The summed E-state index contributed by atoms with van der Waals surface area (Å²) in [5.41, 5.74) is 7.66. The van der Waals surface area contributed by atoms with Crippen LogP contribution in [0.4, 0.5) is 0 Å². The Morgan fingerprint density at radius 2 is 2.00 bits per heavy atom. The van der Waals surface area contributed by atoms with Gasteiger partial charge in [0.25, 0.3) is 0 Å². The van der Waals surface area contributed by atoms with Gasteiger partial charge in [-0.2, -0.15) is 0 Å². The molecule has 0 N–H and O–H groups in total. The Morgan fingerprint density at radius 3 is 2.18 bits per heavy atom. The van der Waals surface area contributed by atoms with Crippen molar-refractivity contribution in [1.82, 2.24) is 0 Å². The molecule has 0 aromatic rings. The first-order chi connectivity index (χ1) is 5.43. The third kappa shape index (κ3) is 4.61. The van der Waals surface area contributed by atoms with Crippen molar-refractivity contribution in [3.63, 3.8) is 0 Å². The fraction of sp³-hybridized carbons (Fsp3) is 1.00. The van der Waals surface area contributed by atoms with E-state index < -0.39 is 0 Å². The molecule has 62 valence electrons. The minimum Gasteiger partial charge on any atom is -0.381 e. The lowest BCUT2D eigenvalue weighted by molar-refractivity contribution is 0.198. The van der Waals surface area contributed by atoms with Gasteiger partial charge in [0.05, 0.1) is 6.61 Å². The van der Waals surface area contributed by atoms with E-state index in [2.05, 4.69) is 14.8 Å². The Hall–Kier alpha value is -0.770. The Balaban J connectivity index is 0.000000112. The third-order valence-corrected chi connectivity index (χ3v) is 1.32. The van der Waals surface area contributed by atoms with Crippen LogP contribution < -0.4 is 0 Å². The van der Waals surface area contributed by atoms with Crippen LogP contribution in [0.1, 0.15) is 12.8 Å². The average molecular weight is 157 g/mol. The molecule has 1 unspecified atom stereocenters. The minimum atomic E-state index is -0.144. The van der Waals surface area contributed by atoms with Gasteiger partial charge in [0.15, 0.2) is 6.23 Å². The standard InChI is InChI=1S/C4H8O.C2H3N3O/c1-2-4-5-3-1;3-5-4-2-1-6-2/h1-4H2;2H,1H2. The highest BCUT2D eigenvalue weighted by atomic mass is 16.6. The topological polar surface area (TPSA) is 70.5 Å². The van der Waals surface area contributed by atoms with E-state index in [0.29, 0.717) is 6.61 Å². The van der Waals surface area contributed by atoms with Gasteiger partial charge in [-0.3, -0.25) is 0 Å². The maximum atomic E-state index is 7.66. The largest absolute Gasteiger partial charge is 0.381 e. The van der Waals surface area contributed by atoms with E-state index >= 15 is 0 Å². The van der Waals surface area contributed by atoms with Gasteiger partial charge in [-0.25, -0.2) is 0 Å². The highest BCUT2D eigenvalue weighted by Gasteiger charge is 2.19. The smallest absolute Gasteiger partial charge is 0.159 e. The first-order valence-corrected chi connectivity index (χ1v) is 3.67. The van der Waals surface area contributed by atoms with Gasteiger partial charge in [0.2, 0.25) is 0 Å². The molecule has 2 rings (SSSR count). The van der Waals surface area contributed by atoms with Crippen LogP contribution in [-0.2, 0) is 9.47 Å². The van der Waals surface area contributed by atoms with Crippen LogP contribution in [-0.4, -0.2) is 26.0 Å². The second kappa shape index (κ2) is 4.96. The molecule has 2 saturated heterocycles. The molecule has 0 aromatic heterocycles. The zero-order valence-corrected chi connectivity index (χ0v) is 6.27. The van der Waals surface area contributed by atoms with E-state index in [-0.39, 0.29) is 6.23 Å². The fourth-order valence-electron chi connectivity index (χ4n) is 0.678. The molecule has 0 bridgehead atoms. The molecule has 11 heavy (non-hydrogen) atoms. The molecule has 5 nitrogen and oxygen atoms in total. The number of nitrogens with zero attached hydrogens (tertiary/aromatic N) is 3. The number of azide groups is 1. The van der Waals surface area contributed by atoms with Crippen molar-refractivity contribution in [3.05, 3.63) is 10.4 Å². The molecule has 0 saturated carbocycles. The summed E-state index contributed by atoms with van der Waals surface area (Å²) in [6, 6.07) is 0. The lowest BCUT2D eigenvalue weighted by atomic mass is 10.4. The second-order valence-corrected chi connectivity index (χ2v) is 2.31. The Morgan fingerprint density at radius 1 is 1.36 bits per heavy atom. The summed E-state index contributed by atoms with van der Waals surface area (Å²) < 4.78 is 9.47. The zero-order valence-electron chi connectivity index (χ0n) is 6.27. The summed E-state index contributed by atoms with van der Waals surface area (Å²) in [4.78, 5) is 2.50. The van der Waals surface area contributed by atoms with Crippen molar-refractivity contribution in [2.24, 2.45) is 5.11 Å². The normalized spacial score (nSPS) is 26.4. The molecule has 5 heteroatoms. The molecule has 1 atom stereocenters. The zero-order chi connectivity index (χ0) is 7.94. The van der Waals surface area contributed by atoms with Gasteiger partial charge >= 0.3 is 0 Å². The predicted octanol–water partition coefficient (Wildman–Crippen LogP) is 1.45. The summed E-state index contributed by atoms with van der Waals surface area (Å²) in [6.45, 7) is 2.60. The summed E-state index contributed by atoms with van der Waals surface area (Å²) in [5.74, 6) is 0. The summed E-state index contributed by atoms with van der Waals surface area (Å²) >= 11 is 0. The first-order valence-electron chi connectivity index (χ1n) is 3.67. The Kier molecular flexibility index (Phi) is 3.75. The molecule has 2 aliphatic rings. The van der Waals surface area contributed by atoms with Crippen LogP contribution in [0, 0.1) is 0 Å². The monoisotopic (exact) mass is 157 g/mol. The van der Waals surface area contributed by atoms with Crippen molar-refractivity contribution >= 4 is 0 Å². The van der Waals surface area contributed by atoms with Crippen LogP contribution in [0.3, 0.4) is 0 Å². The molecule has 0 radical (unpaired) electrons. The van der Waals surface area contributed by atoms with Gasteiger partial charge in [0.1, 0.15) is 0 Å². The molecule has 0 aliphatic carbocycles. The Bertz CT molecular complexity index is 140. The quantitative estimate of drug-likeness (QED) is 0.250. The van der Waals surface area contributed by atoms with Crippen molar-refractivity contribution in [1.29, 1.82) is 0 Å². The maximum absolute atomic E-state index is 7.66. The fourth-order valence-corrected chi connectivity index (χ4v) is 0.678. The van der Waals surface area contributed by atoms with Crippen molar-refractivity contribution in [2.45, 2.75) is 19.1 Å². The van der Waals surface area contributed by atoms with E-state index in [4.69, 9.17) is 10.3 Å². The van der Waals surface area contributed by atoms with Crippen LogP contribution in [0.25, 0.3) is 10.4 Å². The third-order valence-electron chi connectivity index (χ3n) is 1.32. The van der Waals surface area contributed by atoms with E-state index in [1.807, 2.05) is 0 Å². The lowest BCUT2D eigenvalue weighted by Crippen LogP contribution is -1.74. The summed E-state index contributed by atoms with van der Waals surface area (Å²) in [7, 11) is 0. The number of hydrogen-bond acceptors (Lipinski definition) is 3. The molecular weight excluding hydrogens is 146 g/mol. The number of ether oxygens (including phenoxy) is 2. The van der Waals surface area contributed by atoms with Crippen molar-refractivity contribution in [2.75, 3.05) is 19.8 Å². The molecule has 0 amide bonds. The Labute approximate surface area is 64.9 Å². The molecule has 2 fully saturated rings. The first kappa shape index (κ1) is 8.33. The van der Waals surface area contributed by atoms with Gasteiger partial charge in [-0.1, -0.05) is 5.11 Å². The number of epoxide rings is 1. The highest BCUT2D eigenvalue weighted by Crippen LogP contribution is 2.08. The van der Waals surface area contributed by atoms with E-state index in [9.17, 15) is 0 Å². The van der Waals surface area contributed by atoms with Crippen LogP contribution in [0.5, 0.6) is 0 Å². The summed E-state index contributed by atoms with van der Waals surface area (Å²) in [6.07, 6.45) is 2.41. The van der Waals surface area contributed by atoms with E-state index in [0.717, 1.165) is 13.2 Å². The number of rotatable bonds is 1.